The highest BCUT2D eigenvalue weighted by Gasteiger charge is 2.50. The summed E-state index contributed by atoms with van der Waals surface area (Å²) in [4.78, 5) is 1.90. The van der Waals surface area contributed by atoms with Crippen molar-refractivity contribution in [1.29, 1.82) is 5.41 Å². The number of amidine groups is 1. The molecule has 2 N–H and O–H groups in total. The van der Waals surface area contributed by atoms with E-state index in [1.165, 1.54) is 0 Å². The van der Waals surface area contributed by atoms with Crippen LogP contribution in [0.2, 0.25) is 5.02 Å². The van der Waals surface area contributed by atoms with E-state index >= 15 is 0 Å². The van der Waals surface area contributed by atoms with Gasteiger partial charge in [0.15, 0.2) is 16.2 Å². The van der Waals surface area contributed by atoms with Crippen molar-refractivity contribution < 1.29 is 4.55 Å². The van der Waals surface area contributed by atoms with Crippen LogP contribution in [-0.2, 0) is 16.7 Å². The minimum Gasteiger partial charge on any atom is -0.616 e. The molecule has 3 aromatic heterocycles. The fourth-order valence-corrected chi connectivity index (χ4v) is 6.11. The quantitative estimate of drug-likeness (QED) is 0.637. The van der Waals surface area contributed by atoms with Crippen molar-refractivity contribution in [2.24, 2.45) is 0 Å². The summed E-state index contributed by atoms with van der Waals surface area (Å²) in [6.07, 6.45) is 3.62. The molecule has 9 heteroatoms. The van der Waals surface area contributed by atoms with Crippen LogP contribution in [-0.4, -0.2) is 35.5 Å². The molecule has 0 radical (unpaired) electrons. The highest BCUT2D eigenvalue weighted by Crippen LogP contribution is 2.43. The van der Waals surface area contributed by atoms with Crippen molar-refractivity contribution >= 4 is 45.6 Å². The largest absolute Gasteiger partial charge is 0.616 e. The molecule has 1 aliphatic rings. The summed E-state index contributed by atoms with van der Waals surface area (Å²) in [5.41, 5.74) is 1.16. The zero-order valence-electron chi connectivity index (χ0n) is 14.5. The SMILES string of the molecule is CC1(C)C(=N)N[C@](C)(c2sc(-c3ccc4nncn4c3)cc2Cl)C[S+]1[O-]. The molecule has 3 aromatic rings. The van der Waals surface area contributed by atoms with Gasteiger partial charge in [-0.15, -0.1) is 21.5 Å². The summed E-state index contributed by atoms with van der Waals surface area (Å²) in [7, 11) is 0. The summed E-state index contributed by atoms with van der Waals surface area (Å²) in [5.74, 6) is 0.688. The molecule has 2 atom stereocenters. The molecule has 26 heavy (non-hydrogen) atoms. The molecule has 0 spiro atoms. The number of rotatable bonds is 2. The molecule has 4 heterocycles. The van der Waals surface area contributed by atoms with Gasteiger partial charge in [0.25, 0.3) is 0 Å². The Labute approximate surface area is 163 Å². The lowest BCUT2D eigenvalue weighted by Crippen LogP contribution is -2.63. The maximum Gasteiger partial charge on any atom is 0.176 e. The van der Waals surface area contributed by atoms with Crippen LogP contribution in [0.25, 0.3) is 16.1 Å². The number of hydrogen-bond acceptors (Lipinski definition) is 5. The molecule has 0 saturated carbocycles. The second kappa shape index (κ2) is 5.95. The minimum absolute atomic E-state index is 0.279. The van der Waals surface area contributed by atoms with E-state index in [1.54, 1.807) is 17.7 Å². The maximum atomic E-state index is 12.7. The van der Waals surface area contributed by atoms with Crippen LogP contribution >= 0.6 is 22.9 Å². The van der Waals surface area contributed by atoms with Crippen molar-refractivity contribution in [2.45, 2.75) is 31.1 Å². The van der Waals surface area contributed by atoms with Crippen molar-refractivity contribution in [3.05, 3.63) is 40.6 Å². The monoisotopic (exact) mass is 407 g/mol. The van der Waals surface area contributed by atoms with Crippen molar-refractivity contribution in [3.8, 4) is 10.4 Å². The number of halogens is 1. The lowest BCUT2D eigenvalue weighted by atomic mass is 10.00. The molecule has 4 rings (SSSR count). The van der Waals surface area contributed by atoms with Crippen molar-refractivity contribution in [1.82, 2.24) is 19.9 Å². The van der Waals surface area contributed by atoms with Crippen molar-refractivity contribution in [3.63, 3.8) is 0 Å². The smallest absolute Gasteiger partial charge is 0.176 e. The van der Waals surface area contributed by atoms with Crippen LogP contribution in [0, 0.1) is 5.41 Å². The summed E-state index contributed by atoms with van der Waals surface area (Å²) in [6.45, 7) is 5.61. The number of hydrogen-bond donors (Lipinski definition) is 2. The van der Waals surface area contributed by atoms with Crippen LogP contribution in [0.5, 0.6) is 0 Å². The molecule has 136 valence electrons. The Morgan fingerprint density at radius 3 is 2.88 bits per heavy atom. The molecular formula is C17H18ClN5OS2. The molecule has 1 aliphatic heterocycles. The van der Waals surface area contributed by atoms with Crippen LogP contribution in [0.4, 0.5) is 0 Å². The lowest BCUT2D eigenvalue weighted by molar-refractivity contribution is 0.449. The van der Waals surface area contributed by atoms with E-state index in [1.807, 2.05) is 49.6 Å². The lowest BCUT2D eigenvalue weighted by Gasteiger charge is -2.43. The molecule has 0 bridgehead atoms. The zero-order chi connectivity index (χ0) is 18.7. The second-order valence-electron chi connectivity index (χ2n) is 7.13. The van der Waals surface area contributed by atoms with Crippen LogP contribution in [0.1, 0.15) is 25.6 Å². The summed E-state index contributed by atoms with van der Waals surface area (Å²) in [5, 5.41) is 20.1. The van der Waals surface area contributed by atoms with Gasteiger partial charge in [-0.05, 0) is 50.1 Å². The predicted molar refractivity (Wildman–Crippen MR) is 107 cm³/mol. The van der Waals surface area contributed by atoms with Crippen LogP contribution in [0.3, 0.4) is 0 Å². The second-order valence-corrected chi connectivity index (χ2v) is 10.6. The highest BCUT2D eigenvalue weighted by atomic mass is 35.5. The van der Waals surface area contributed by atoms with Gasteiger partial charge in [0.2, 0.25) is 0 Å². The van der Waals surface area contributed by atoms with Crippen LogP contribution in [0.15, 0.2) is 30.7 Å². The zero-order valence-corrected chi connectivity index (χ0v) is 16.9. The molecular weight excluding hydrogens is 390 g/mol. The fourth-order valence-electron chi connectivity index (χ4n) is 3.00. The van der Waals surface area contributed by atoms with E-state index in [0.717, 1.165) is 21.0 Å². The van der Waals surface area contributed by atoms with Gasteiger partial charge >= 0.3 is 0 Å². The first-order chi connectivity index (χ1) is 12.2. The number of thiophene rings is 1. The summed E-state index contributed by atoms with van der Waals surface area (Å²) >= 11 is 6.94. The third kappa shape index (κ3) is 2.72. The van der Waals surface area contributed by atoms with Gasteiger partial charge in [0.1, 0.15) is 17.6 Å². The Bertz CT molecular complexity index is 1010. The highest BCUT2D eigenvalue weighted by molar-refractivity contribution is 7.93. The first kappa shape index (κ1) is 17.8. The summed E-state index contributed by atoms with van der Waals surface area (Å²) < 4.78 is 13.9. The Morgan fingerprint density at radius 2 is 2.15 bits per heavy atom. The van der Waals surface area contributed by atoms with Gasteiger partial charge in [-0.25, -0.2) is 0 Å². The molecule has 1 saturated heterocycles. The topological polar surface area (TPSA) is 89.1 Å². The molecule has 1 unspecified atom stereocenters. The van der Waals surface area contributed by atoms with Crippen LogP contribution < -0.4 is 5.32 Å². The number of nitrogens with zero attached hydrogens (tertiary/aromatic N) is 3. The standard InChI is InChI=1S/C17H18ClN5OS2/c1-16(2)15(19)21-17(3,8-26(16)24)14-11(18)6-12(25-14)10-4-5-13-22-20-9-23(13)7-10/h4-7,9H,8H2,1-3H3,(H2,19,21)/t17-,26?/m0/s1. The molecule has 0 amide bonds. The third-order valence-electron chi connectivity index (χ3n) is 4.76. The van der Waals surface area contributed by atoms with E-state index < -0.39 is 21.5 Å². The predicted octanol–water partition coefficient (Wildman–Crippen LogP) is 3.43. The Morgan fingerprint density at radius 1 is 1.38 bits per heavy atom. The minimum atomic E-state index is -1.17. The fraction of sp³-hybridized carbons (Fsp3) is 0.353. The van der Waals surface area contributed by atoms with Gasteiger partial charge in [-0.2, -0.15) is 0 Å². The number of fused-ring (bicyclic) bond motifs is 1. The average molecular weight is 408 g/mol. The molecule has 0 aliphatic carbocycles. The van der Waals surface area contributed by atoms with E-state index in [9.17, 15) is 4.55 Å². The van der Waals surface area contributed by atoms with Gasteiger partial charge < -0.3 is 9.87 Å². The van der Waals surface area contributed by atoms with E-state index in [-0.39, 0.29) is 5.84 Å². The normalized spacial score (nSPS) is 25.4. The average Bonchev–Trinajstić information content (AvgIpc) is 3.19. The molecule has 1 fully saturated rings. The molecule has 6 nitrogen and oxygen atoms in total. The Kier molecular flexibility index (Phi) is 4.07. The summed E-state index contributed by atoms with van der Waals surface area (Å²) in [6, 6.07) is 5.81. The Hall–Kier alpha value is -1.61. The van der Waals surface area contributed by atoms with Crippen molar-refractivity contribution in [2.75, 3.05) is 5.75 Å². The van der Waals surface area contributed by atoms with Gasteiger partial charge in [0.05, 0.1) is 9.90 Å². The van der Waals surface area contributed by atoms with E-state index in [0.29, 0.717) is 10.8 Å². The third-order valence-corrected chi connectivity index (χ3v) is 8.80. The maximum absolute atomic E-state index is 12.7. The first-order valence-corrected chi connectivity index (χ1v) is 10.6. The Balaban J connectivity index is 1.73. The van der Waals surface area contributed by atoms with Gasteiger partial charge in [-0.1, -0.05) is 11.6 Å². The van der Waals surface area contributed by atoms with E-state index in [2.05, 4.69) is 15.5 Å². The van der Waals surface area contributed by atoms with E-state index in [4.69, 9.17) is 17.0 Å². The number of aromatic nitrogens is 3. The van der Waals surface area contributed by atoms with Gasteiger partial charge in [0, 0.05) is 16.6 Å². The first-order valence-electron chi connectivity index (χ1n) is 8.06. The number of pyridine rings is 1. The molecule has 0 aromatic carbocycles. The van der Waals surface area contributed by atoms with Gasteiger partial charge in [-0.3, -0.25) is 9.81 Å². The number of nitrogens with one attached hydrogen (secondary N) is 2.